The molecule has 0 fully saturated rings. The van der Waals surface area contributed by atoms with Crippen LogP contribution in [0.3, 0.4) is 0 Å². The molecule has 0 saturated carbocycles. The number of anilines is 14. The van der Waals surface area contributed by atoms with Gasteiger partial charge in [0, 0.05) is 93.7 Å². The van der Waals surface area contributed by atoms with E-state index in [1.807, 2.05) is 105 Å². The summed E-state index contributed by atoms with van der Waals surface area (Å²) < 4.78 is 0. The number of hydrogen-bond donors (Lipinski definition) is 10. The van der Waals surface area contributed by atoms with Crippen LogP contribution < -0.4 is 54.8 Å². The van der Waals surface area contributed by atoms with Crippen LogP contribution in [0.4, 0.5) is 79.6 Å². The molecule has 5 rings (SSSR count). The van der Waals surface area contributed by atoms with Crippen molar-refractivity contribution in [3.05, 3.63) is 97.1 Å². The zero-order chi connectivity index (χ0) is 29.6. The fraction of sp³-hybridized carbons (Fsp3) is 0.0625. The van der Waals surface area contributed by atoms with E-state index in [0.29, 0.717) is 22.7 Å². The molecule has 5 aromatic rings. The maximum Gasteiger partial charge on any atom is 0.0425 e. The van der Waals surface area contributed by atoms with E-state index in [1.54, 1.807) is 6.07 Å². The highest BCUT2D eigenvalue weighted by atomic mass is 15.0. The Bertz CT molecular complexity index is 1700. The van der Waals surface area contributed by atoms with Crippen LogP contribution in [0.15, 0.2) is 97.1 Å². The SMILES string of the molecule is CNc1cccc(Nc2cc(Nc3cc(N)cc(N)c3)cc(Nc3cc(N)cc(Nc4cc(N)cc(NC)c4)c3)c2)c1. The lowest BCUT2D eigenvalue weighted by Gasteiger charge is -2.17. The summed E-state index contributed by atoms with van der Waals surface area (Å²) in [6.45, 7) is 0. The van der Waals surface area contributed by atoms with Crippen molar-refractivity contribution < 1.29 is 0 Å². The van der Waals surface area contributed by atoms with E-state index in [-0.39, 0.29) is 0 Å². The van der Waals surface area contributed by atoms with E-state index in [1.165, 1.54) is 0 Å². The maximum atomic E-state index is 6.30. The van der Waals surface area contributed by atoms with Gasteiger partial charge in [-0.2, -0.15) is 0 Å². The van der Waals surface area contributed by atoms with Gasteiger partial charge in [0.1, 0.15) is 0 Å². The summed E-state index contributed by atoms with van der Waals surface area (Å²) in [7, 11) is 3.75. The van der Waals surface area contributed by atoms with Crippen LogP contribution in [-0.2, 0) is 0 Å². The molecule has 5 aromatic carbocycles. The second-order valence-corrected chi connectivity index (χ2v) is 9.96. The van der Waals surface area contributed by atoms with Crippen LogP contribution in [0.5, 0.6) is 0 Å². The molecule has 0 heterocycles. The fourth-order valence-electron chi connectivity index (χ4n) is 4.68. The molecule has 10 nitrogen and oxygen atoms in total. The Labute approximate surface area is 245 Å². The smallest absolute Gasteiger partial charge is 0.0425 e. The summed E-state index contributed by atoms with van der Waals surface area (Å²) >= 11 is 0. The Hall–Kier alpha value is -5.90. The Morgan fingerprint density at radius 2 is 0.619 bits per heavy atom. The third-order valence-electron chi connectivity index (χ3n) is 6.42. The molecule has 0 radical (unpaired) electrons. The van der Waals surface area contributed by atoms with E-state index in [0.717, 1.165) is 56.9 Å². The quantitative estimate of drug-likeness (QED) is 0.0794. The normalized spacial score (nSPS) is 10.5. The third-order valence-corrected chi connectivity index (χ3v) is 6.42. The zero-order valence-electron chi connectivity index (χ0n) is 23.5. The number of hydrogen-bond acceptors (Lipinski definition) is 10. The van der Waals surface area contributed by atoms with Crippen LogP contribution in [0.1, 0.15) is 0 Å². The van der Waals surface area contributed by atoms with Crippen molar-refractivity contribution >= 4 is 79.6 Å². The molecule has 0 aliphatic heterocycles. The second kappa shape index (κ2) is 12.1. The van der Waals surface area contributed by atoms with E-state index in [9.17, 15) is 0 Å². The van der Waals surface area contributed by atoms with Crippen molar-refractivity contribution in [1.29, 1.82) is 0 Å². The molecule has 42 heavy (non-hydrogen) atoms. The molecule has 0 amide bonds. The van der Waals surface area contributed by atoms with Crippen LogP contribution >= 0.6 is 0 Å². The maximum absolute atomic E-state index is 6.30. The van der Waals surface area contributed by atoms with Gasteiger partial charge >= 0.3 is 0 Å². The van der Waals surface area contributed by atoms with Crippen LogP contribution in [0.25, 0.3) is 0 Å². The second-order valence-electron chi connectivity index (χ2n) is 9.96. The first kappa shape index (κ1) is 27.7. The first-order chi connectivity index (χ1) is 20.2. The summed E-state index contributed by atoms with van der Waals surface area (Å²) in [6, 6.07) is 31.0. The topological polar surface area (TPSA) is 176 Å². The lowest BCUT2D eigenvalue weighted by atomic mass is 10.1. The van der Waals surface area contributed by atoms with Gasteiger partial charge in [-0.15, -0.1) is 0 Å². The Kier molecular flexibility index (Phi) is 7.96. The van der Waals surface area contributed by atoms with E-state index < -0.39 is 0 Å². The third kappa shape index (κ3) is 7.19. The zero-order valence-corrected chi connectivity index (χ0v) is 23.5. The minimum absolute atomic E-state index is 0.579. The molecule has 214 valence electrons. The average Bonchev–Trinajstić information content (AvgIpc) is 2.91. The number of nitrogens with two attached hydrogens (primary N) is 4. The van der Waals surface area contributed by atoms with Gasteiger partial charge in [-0.25, -0.2) is 0 Å². The first-order valence-corrected chi connectivity index (χ1v) is 13.4. The number of nitrogens with one attached hydrogen (secondary N) is 6. The van der Waals surface area contributed by atoms with Crippen LogP contribution in [0.2, 0.25) is 0 Å². The monoisotopic (exact) mass is 560 g/mol. The van der Waals surface area contributed by atoms with Gasteiger partial charge in [-0.3, -0.25) is 0 Å². The Morgan fingerprint density at radius 1 is 0.333 bits per heavy atom. The number of benzene rings is 5. The highest BCUT2D eigenvalue weighted by Crippen LogP contribution is 2.33. The summed E-state index contributed by atoms with van der Waals surface area (Å²) in [5.41, 5.74) is 35.5. The summed E-state index contributed by atoms with van der Waals surface area (Å²) in [5, 5.41) is 20.1. The van der Waals surface area contributed by atoms with Crippen LogP contribution in [-0.4, -0.2) is 14.1 Å². The molecule has 0 atom stereocenters. The number of rotatable bonds is 10. The predicted molar refractivity (Wildman–Crippen MR) is 182 cm³/mol. The highest BCUT2D eigenvalue weighted by molar-refractivity contribution is 5.81. The van der Waals surface area contributed by atoms with Gasteiger partial charge in [0.25, 0.3) is 0 Å². The van der Waals surface area contributed by atoms with Crippen molar-refractivity contribution in [2.24, 2.45) is 0 Å². The molecule has 10 heteroatoms. The van der Waals surface area contributed by atoms with Gasteiger partial charge in [0.05, 0.1) is 0 Å². The van der Waals surface area contributed by atoms with Crippen molar-refractivity contribution in [3.63, 3.8) is 0 Å². The summed E-state index contributed by atoms with van der Waals surface area (Å²) in [5.74, 6) is 0. The average molecular weight is 561 g/mol. The molecule has 0 saturated heterocycles. The van der Waals surface area contributed by atoms with E-state index in [2.05, 4.69) is 31.9 Å². The minimum Gasteiger partial charge on any atom is -0.399 e. The summed E-state index contributed by atoms with van der Waals surface area (Å²) in [6.07, 6.45) is 0. The fourth-order valence-corrected chi connectivity index (χ4v) is 4.68. The first-order valence-electron chi connectivity index (χ1n) is 13.4. The standard InChI is InChI=1S/C32H36N10/c1-37-23-4-3-5-24(13-23)39-30-16-31(40-26-8-19(33)6-20(34)9-26)18-32(17-30)42-29-12-22(36)11-28(15-29)41-27-10-21(35)7-25(14-27)38-2/h3-18,37-42H,33-36H2,1-2H3. The molecule has 0 aliphatic rings. The highest BCUT2D eigenvalue weighted by Gasteiger charge is 2.08. The van der Waals surface area contributed by atoms with E-state index in [4.69, 9.17) is 22.9 Å². The molecule has 14 N–H and O–H groups in total. The lowest BCUT2D eigenvalue weighted by molar-refractivity contribution is 1.46. The summed E-state index contributed by atoms with van der Waals surface area (Å²) in [4.78, 5) is 0. The Balaban J connectivity index is 1.46. The van der Waals surface area contributed by atoms with Crippen molar-refractivity contribution in [3.8, 4) is 0 Å². The van der Waals surface area contributed by atoms with Gasteiger partial charge in [0.2, 0.25) is 0 Å². The molecule has 0 unspecified atom stereocenters. The van der Waals surface area contributed by atoms with Crippen molar-refractivity contribution in [2.75, 3.05) is 68.9 Å². The van der Waals surface area contributed by atoms with Crippen molar-refractivity contribution in [1.82, 2.24) is 0 Å². The predicted octanol–water partition coefficient (Wildman–Crippen LogP) is 7.07. The Morgan fingerprint density at radius 3 is 1.07 bits per heavy atom. The molecule has 0 spiro atoms. The van der Waals surface area contributed by atoms with Crippen molar-refractivity contribution in [2.45, 2.75) is 0 Å². The molecular weight excluding hydrogens is 524 g/mol. The molecular formula is C32H36N10. The molecule has 0 aromatic heterocycles. The lowest BCUT2D eigenvalue weighted by Crippen LogP contribution is -2.00. The number of nitrogen functional groups attached to an aromatic ring is 4. The van der Waals surface area contributed by atoms with Gasteiger partial charge in [-0.1, -0.05) is 6.07 Å². The largest absolute Gasteiger partial charge is 0.399 e. The van der Waals surface area contributed by atoms with E-state index >= 15 is 0 Å². The molecule has 0 bridgehead atoms. The van der Waals surface area contributed by atoms with Gasteiger partial charge in [0.15, 0.2) is 0 Å². The molecule has 0 aliphatic carbocycles. The minimum atomic E-state index is 0.579. The van der Waals surface area contributed by atoms with Gasteiger partial charge in [-0.05, 0) is 91.0 Å². The van der Waals surface area contributed by atoms with Crippen LogP contribution in [0, 0.1) is 0 Å². The van der Waals surface area contributed by atoms with Gasteiger partial charge < -0.3 is 54.8 Å².